The zero-order valence-electron chi connectivity index (χ0n) is 12.7. The van der Waals surface area contributed by atoms with Crippen LogP contribution in [0.25, 0.3) is 10.8 Å². The van der Waals surface area contributed by atoms with Gasteiger partial charge >= 0.3 is 0 Å². The van der Waals surface area contributed by atoms with Gasteiger partial charge in [0.05, 0.1) is 24.3 Å². The third-order valence-electron chi connectivity index (χ3n) is 5.43. The molecule has 2 aromatic carbocycles. The van der Waals surface area contributed by atoms with Crippen molar-refractivity contribution in [2.24, 2.45) is 11.8 Å². The summed E-state index contributed by atoms with van der Waals surface area (Å²) in [7, 11) is 0. The molecule has 3 aliphatic rings. The molecule has 2 fully saturated rings. The summed E-state index contributed by atoms with van der Waals surface area (Å²) >= 11 is 0. The van der Waals surface area contributed by atoms with Crippen LogP contribution in [0.5, 0.6) is 0 Å². The lowest BCUT2D eigenvalue weighted by Gasteiger charge is -2.24. The molecule has 2 aromatic rings. The number of nitrogens with zero attached hydrogens (tertiary/aromatic N) is 1. The van der Waals surface area contributed by atoms with Crippen molar-refractivity contribution < 1.29 is 19.4 Å². The molecule has 0 N–H and O–H groups in total. The van der Waals surface area contributed by atoms with Crippen molar-refractivity contribution in [2.45, 2.75) is 11.7 Å². The Morgan fingerprint density at radius 3 is 2.83 bits per heavy atom. The quantitative estimate of drug-likeness (QED) is 0.770. The van der Waals surface area contributed by atoms with Gasteiger partial charge in [-0.15, -0.1) is 0 Å². The van der Waals surface area contributed by atoms with E-state index in [9.17, 15) is 14.7 Å². The Balaban J connectivity index is 1.64. The number of fused-ring (bicyclic) bond motifs is 2. The number of anilines is 1. The average molecular weight is 320 g/mol. The molecule has 3 aliphatic heterocycles. The van der Waals surface area contributed by atoms with Crippen molar-refractivity contribution in [1.29, 1.82) is 0 Å². The van der Waals surface area contributed by atoms with Crippen LogP contribution in [0.4, 0.5) is 5.69 Å². The second-order valence-electron chi connectivity index (χ2n) is 6.64. The van der Waals surface area contributed by atoms with Gasteiger partial charge < -0.3 is 19.5 Å². The normalized spacial score (nSPS) is 33.4. The third kappa shape index (κ3) is 1.57. The number of aliphatic carboxylic acids is 1. The van der Waals surface area contributed by atoms with Crippen LogP contribution in [-0.2, 0) is 14.3 Å². The zero-order chi connectivity index (χ0) is 16.5. The van der Waals surface area contributed by atoms with Crippen LogP contribution in [-0.4, -0.2) is 30.1 Å². The topological polar surface area (TPSA) is 69.7 Å². The van der Waals surface area contributed by atoms with Crippen molar-refractivity contribution >= 4 is 28.3 Å². The number of ether oxygens (including phenoxy) is 1. The fraction of sp³-hybridized carbons (Fsp3) is 0.263. The van der Waals surface area contributed by atoms with Crippen LogP contribution in [0.3, 0.4) is 0 Å². The van der Waals surface area contributed by atoms with Gasteiger partial charge in [0.25, 0.3) is 0 Å². The lowest BCUT2D eigenvalue weighted by Crippen LogP contribution is -2.45. The molecule has 2 saturated heterocycles. The van der Waals surface area contributed by atoms with E-state index in [1.54, 1.807) is 11.0 Å². The van der Waals surface area contributed by atoms with E-state index in [0.717, 1.165) is 16.5 Å². The van der Waals surface area contributed by atoms with Crippen molar-refractivity contribution in [3.63, 3.8) is 0 Å². The lowest BCUT2D eigenvalue weighted by molar-refractivity contribution is -0.313. The van der Waals surface area contributed by atoms with E-state index < -0.39 is 29.5 Å². The molecular weight excluding hydrogens is 306 g/mol. The Labute approximate surface area is 138 Å². The Morgan fingerprint density at radius 1 is 1.21 bits per heavy atom. The number of carboxylic acid groups (broad SMARTS) is 1. The van der Waals surface area contributed by atoms with Gasteiger partial charge in [-0.25, -0.2) is 0 Å². The summed E-state index contributed by atoms with van der Waals surface area (Å²) in [6, 6.07) is 13.6. The molecule has 0 saturated carbocycles. The minimum Gasteiger partial charge on any atom is -0.550 e. The fourth-order valence-electron chi connectivity index (χ4n) is 4.41. The predicted octanol–water partition coefficient (Wildman–Crippen LogP) is 0.876. The van der Waals surface area contributed by atoms with E-state index in [2.05, 4.69) is 0 Å². The summed E-state index contributed by atoms with van der Waals surface area (Å²) in [5, 5.41) is 13.5. The summed E-state index contributed by atoms with van der Waals surface area (Å²) in [4.78, 5) is 26.2. The van der Waals surface area contributed by atoms with E-state index in [1.165, 1.54) is 0 Å². The summed E-state index contributed by atoms with van der Waals surface area (Å²) in [6.07, 6.45) is 3.04. The maximum absolute atomic E-state index is 13.1. The predicted molar refractivity (Wildman–Crippen MR) is 85.0 cm³/mol. The lowest BCUT2D eigenvalue weighted by atomic mass is 9.77. The molecule has 5 rings (SSSR count). The number of carboxylic acids is 1. The summed E-state index contributed by atoms with van der Waals surface area (Å²) < 4.78 is 5.90. The Morgan fingerprint density at radius 2 is 2.00 bits per heavy atom. The van der Waals surface area contributed by atoms with Gasteiger partial charge in [0.1, 0.15) is 5.60 Å². The number of benzene rings is 2. The number of hydrogen-bond donors (Lipinski definition) is 0. The monoisotopic (exact) mass is 320 g/mol. The summed E-state index contributed by atoms with van der Waals surface area (Å²) in [5.41, 5.74) is -0.0527. The van der Waals surface area contributed by atoms with Gasteiger partial charge in [-0.2, -0.15) is 0 Å². The van der Waals surface area contributed by atoms with Crippen molar-refractivity contribution in [1.82, 2.24) is 0 Å². The fourth-order valence-corrected chi connectivity index (χ4v) is 4.41. The first kappa shape index (κ1) is 13.7. The maximum Gasteiger partial charge on any atom is 0.234 e. The van der Waals surface area contributed by atoms with Gasteiger partial charge in [-0.1, -0.05) is 48.6 Å². The Hall–Kier alpha value is -2.66. The first-order valence-electron chi connectivity index (χ1n) is 7.98. The molecule has 0 unspecified atom stereocenters. The minimum absolute atomic E-state index is 0.201. The van der Waals surface area contributed by atoms with Crippen LogP contribution < -0.4 is 10.0 Å². The maximum atomic E-state index is 13.1. The molecule has 3 heterocycles. The van der Waals surface area contributed by atoms with E-state index in [1.807, 2.05) is 48.5 Å². The molecule has 4 atom stereocenters. The molecule has 120 valence electrons. The Kier molecular flexibility index (Phi) is 2.55. The van der Waals surface area contributed by atoms with Crippen LogP contribution in [0.15, 0.2) is 54.6 Å². The van der Waals surface area contributed by atoms with Crippen LogP contribution in [0.1, 0.15) is 0 Å². The molecule has 1 spiro atoms. The largest absolute Gasteiger partial charge is 0.550 e. The molecule has 0 radical (unpaired) electrons. The number of hydrogen-bond acceptors (Lipinski definition) is 4. The molecule has 0 aliphatic carbocycles. The summed E-state index contributed by atoms with van der Waals surface area (Å²) in [5.74, 6) is -3.05. The van der Waals surface area contributed by atoms with Crippen LogP contribution >= 0.6 is 0 Å². The zero-order valence-corrected chi connectivity index (χ0v) is 12.7. The molecular formula is C19H14NO4-. The first-order valence-corrected chi connectivity index (χ1v) is 7.98. The molecule has 5 nitrogen and oxygen atoms in total. The molecule has 1 amide bonds. The highest BCUT2D eigenvalue weighted by atomic mass is 16.5. The van der Waals surface area contributed by atoms with Gasteiger partial charge in [-0.05, 0) is 11.5 Å². The highest BCUT2D eigenvalue weighted by Crippen LogP contribution is 2.52. The standard InChI is InChI=1S/C19H15NO4/c21-17-16-15(18(22)23)14-8-9-19(16,24-14)10-20(17)13-7-3-5-11-4-1-2-6-12(11)13/h1-9,14-16H,10H2,(H,22,23)/p-1/t14-,15-,16-,19+/m1/s1. The van der Waals surface area contributed by atoms with E-state index in [0.29, 0.717) is 6.54 Å². The van der Waals surface area contributed by atoms with Gasteiger partial charge in [0, 0.05) is 17.3 Å². The second-order valence-corrected chi connectivity index (χ2v) is 6.64. The minimum atomic E-state index is -1.22. The smallest absolute Gasteiger partial charge is 0.234 e. The SMILES string of the molecule is O=C([O-])[C@@H]1[C@H]2C=C[C@@]3(CN(c4cccc5ccccc45)C(=O)[C@@H]13)O2. The first-order chi connectivity index (χ1) is 11.6. The van der Waals surface area contributed by atoms with Gasteiger partial charge in [-0.3, -0.25) is 4.79 Å². The van der Waals surface area contributed by atoms with E-state index >= 15 is 0 Å². The number of amides is 1. The van der Waals surface area contributed by atoms with Crippen molar-refractivity contribution in [2.75, 3.05) is 11.4 Å². The highest BCUT2D eigenvalue weighted by molar-refractivity contribution is 6.08. The van der Waals surface area contributed by atoms with Crippen LogP contribution in [0, 0.1) is 11.8 Å². The number of rotatable bonds is 2. The van der Waals surface area contributed by atoms with Gasteiger partial charge in [0.15, 0.2) is 0 Å². The molecule has 5 heteroatoms. The second kappa shape index (κ2) is 4.45. The van der Waals surface area contributed by atoms with Crippen molar-refractivity contribution in [3.05, 3.63) is 54.6 Å². The molecule has 0 aromatic heterocycles. The van der Waals surface area contributed by atoms with Crippen molar-refractivity contribution in [3.8, 4) is 0 Å². The average Bonchev–Trinajstić information content (AvgIpc) is 3.22. The number of carbonyl (C=O) groups is 2. The highest BCUT2D eigenvalue weighted by Gasteiger charge is 2.65. The Bertz CT molecular complexity index is 915. The van der Waals surface area contributed by atoms with E-state index in [-0.39, 0.29) is 5.91 Å². The third-order valence-corrected chi connectivity index (χ3v) is 5.43. The van der Waals surface area contributed by atoms with Crippen LogP contribution in [0.2, 0.25) is 0 Å². The number of carbonyl (C=O) groups excluding carboxylic acids is 2. The molecule has 24 heavy (non-hydrogen) atoms. The molecule has 2 bridgehead atoms. The summed E-state index contributed by atoms with van der Waals surface area (Å²) in [6.45, 7) is 0.335. The van der Waals surface area contributed by atoms with E-state index in [4.69, 9.17) is 4.74 Å². The van der Waals surface area contributed by atoms with Gasteiger partial charge in [0.2, 0.25) is 5.91 Å².